The number of ether oxygens (including phenoxy) is 1. The van der Waals surface area contributed by atoms with Crippen molar-refractivity contribution in [3.05, 3.63) is 23.8 Å². The zero-order valence-corrected chi connectivity index (χ0v) is 11.0. The van der Waals surface area contributed by atoms with Crippen molar-refractivity contribution in [3.63, 3.8) is 0 Å². The van der Waals surface area contributed by atoms with E-state index in [-0.39, 0.29) is 0 Å². The molecule has 0 atom stereocenters. The molecular formula is C11H17NO3Si. The second kappa shape index (κ2) is 4.57. The summed E-state index contributed by atoms with van der Waals surface area (Å²) in [5, 5.41) is 0. The molecule has 16 heavy (non-hydrogen) atoms. The van der Waals surface area contributed by atoms with E-state index in [0.717, 1.165) is 0 Å². The molecule has 1 rings (SSSR count). The molecule has 0 fully saturated rings. The molecule has 0 radical (unpaired) electrons. The number of methoxy groups -OCH3 is 1. The summed E-state index contributed by atoms with van der Waals surface area (Å²) < 4.78 is 10.5. The topological polar surface area (TPSA) is 61.5 Å². The van der Waals surface area contributed by atoms with Gasteiger partial charge in [-0.1, -0.05) is 0 Å². The first kappa shape index (κ1) is 12.6. The van der Waals surface area contributed by atoms with Gasteiger partial charge in [-0.2, -0.15) is 0 Å². The lowest BCUT2D eigenvalue weighted by Gasteiger charge is -2.21. The molecule has 0 spiro atoms. The van der Waals surface area contributed by atoms with Crippen LogP contribution in [0.4, 0.5) is 5.69 Å². The number of nitrogen functional groups attached to an aromatic ring is 1. The molecule has 0 aliphatic rings. The van der Waals surface area contributed by atoms with E-state index in [9.17, 15) is 4.79 Å². The Hall–Kier alpha value is -1.49. The molecule has 0 saturated carbocycles. The minimum atomic E-state index is -1.77. The number of hydrogen-bond acceptors (Lipinski definition) is 4. The molecular weight excluding hydrogens is 222 g/mol. The molecule has 0 amide bonds. The summed E-state index contributed by atoms with van der Waals surface area (Å²) in [6.07, 6.45) is 0. The smallest absolute Gasteiger partial charge is 0.341 e. The Balaban J connectivity index is 3.13. The maximum absolute atomic E-state index is 11.5. The molecule has 5 heteroatoms. The summed E-state index contributed by atoms with van der Waals surface area (Å²) in [6, 6.07) is 4.93. The molecule has 0 unspecified atom stereocenters. The van der Waals surface area contributed by atoms with Crippen LogP contribution in [0, 0.1) is 0 Å². The lowest BCUT2D eigenvalue weighted by atomic mass is 10.2. The van der Waals surface area contributed by atoms with Gasteiger partial charge in [-0.15, -0.1) is 0 Å². The minimum Gasteiger partial charge on any atom is -0.544 e. The molecule has 88 valence electrons. The van der Waals surface area contributed by atoms with E-state index in [1.54, 1.807) is 18.2 Å². The van der Waals surface area contributed by atoms with E-state index >= 15 is 0 Å². The van der Waals surface area contributed by atoms with Gasteiger partial charge in [0.15, 0.2) is 0 Å². The fourth-order valence-corrected chi connectivity index (χ4v) is 2.06. The SMILES string of the molecule is COC(=O)c1ccc(N)cc1O[Si](C)(C)C. The fraction of sp³-hybridized carbons (Fsp3) is 0.364. The van der Waals surface area contributed by atoms with Crippen LogP contribution in [0.3, 0.4) is 0 Å². The zero-order valence-electron chi connectivity index (χ0n) is 10.0. The van der Waals surface area contributed by atoms with Crippen LogP contribution in [0.2, 0.25) is 19.6 Å². The van der Waals surface area contributed by atoms with Crippen molar-refractivity contribution in [1.29, 1.82) is 0 Å². The second-order valence-electron chi connectivity index (χ2n) is 4.46. The normalized spacial score (nSPS) is 11.0. The quantitative estimate of drug-likeness (QED) is 0.499. The Bertz CT molecular complexity index is 399. The summed E-state index contributed by atoms with van der Waals surface area (Å²) in [6.45, 7) is 6.12. The lowest BCUT2D eigenvalue weighted by molar-refractivity contribution is 0.0598. The maximum Gasteiger partial charge on any atom is 0.341 e. The van der Waals surface area contributed by atoms with Gasteiger partial charge in [0, 0.05) is 11.8 Å². The Morgan fingerprint density at radius 2 is 1.94 bits per heavy atom. The van der Waals surface area contributed by atoms with Crippen LogP contribution in [-0.2, 0) is 4.74 Å². The highest BCUT2D eigenvalue weighted by atomic mass is 28.4. The minimum absolute atomic E-state index is 0.409. The van der Waals surface area contributed by atoms with E-state index in [0.29, 0.717) is 17.0 Å². The average molecular weight is 239 g/mol. The van der Waals surface area contributed by atoms with Gasteiger partial charge in [-0.25, -0.2) is 4.79 Å². The van der Waals surface area contributed by atoms with E-state index in [2.05, 4.69) is 4.74 Å². The molecule has 4 nitrogen and oxygen atoms in total. The summed E-state index contributed by atoms with van der Waals surface area (Å²) in [5.74, 6) is 0.0965. The third kappa shape index (κ3) is 3.27. The molecule has 0 saturated heterocycles. The highest BCUT2D eigenvalue weighted by molar-refractivity contribution is 6.70. The first-order valence-electron chi connectivity index (χ1n) is 5.00. The Labute approximate surface area is 96.5 Å². The van der Waals surface area contributed by atoms with E-state index in [1.807, 2.05) is 19.6 Å². The molecule has 2 N–H and O–H groups in total. The summed E-state index contributed by atoms with van der Waals surface area (Å²) in [4.78, 5) is 11.5. The molecule has 0 heterocycles. The van der Waals surface area contributed by atoms with Gasteiger partial charge < -0.3 is 14.9 Å². The Morgan fingerprint density at radius 3 is 2.44 bits per heavy atom. The van der Waals surface area contributed by atoms with Crippen LogP contribution in [0.25, 0.3) is 0 Å². The second-order valence-corrected chi connectivity index (χ2v) is 8.89. The first-order valence-corrected chi connectivity index (χ1v) is 8.41. The number of anilines is 1. The monoisotopic (exact) mass is 239 g/mol. The van der Waals surface area contributed by atoms with Crippen LogP contribution in [0.15, 0.2) is 18.2 Å². The Kier molecular flexibility index (Phi) is 3.59. The third-order valence-corrected chi connectivity index (χ3v) is 2.66. The van der Waals surface area contributed by atoms with Gasteiger partial charge >= 0.3 is 5.97 Å². The number of carbonyl (C=O) groups is 1. The van der Waals surface area contributed by atoms with Crippen LogP contribution in [0.1, 0.15) is 10.4 Å². The van der Waals surface area contributed by atoms with Gasteiger partial charge in [0.1, 0.15) is 11.3 Å². The summed E-state index contributed by atoms with van der Waals surface area (Å²) in [7, 11) is -0.430. The van der Waals surface area contributed by atoms with Gasteiger partial charge in [-0.05, 0) is 31.8 Å². The molecule has 0 bridgehead atoms. The highest BCUT2D eigenvalue weighted by Crippen LogP contribution is 2.25. The van der Waals surface area contributed by atoms with Gasteiger partial charge in [0.25, 0.3) is 0 Å². The van der Waals surface area contributed by atoms with Gasteiger partial charge in [-0.3, -0.25) is 0 Å². The number of nitrogens with two attached hydrogens (primary N) is 1. The third-order valence-electron chi connectivity index (χ3n) is 1.83. The van der Waals surface area contributed by atoms with Crippen molar-refractivity contribution in [2.45, 2.75) is 19.6 Å². The van der Waals surface area contributed by atoms with Gasteiger partial charge in [0.2, 0.25) is 8.32 Å². The van der Waals surface area contributed by atoms with Crippen LogP contribution in [-0.4, -0.2) is 21.4 Å². The number of esters is 1. The van der Waals surface area contributed by atoms with Crippen molar-refractivity contribution < 1.29 is 14.0 Å². The van der Waals surface area contributed by atoms with Crippen molar-refractivity contribution >= 4 is 20.0 Å². The number of carbonyl (C=O) groups excluding carboxylic acids is 1. The summed E-state index contributed by atoms with van der Waals surface area (Å²) >= 11 is 0. The zero-order chi connectivity index (χ0) is 12.3. The maximum atomic E-state index is 11.5. The van der Waals surface area contributed by atoms with Gasteiger partial charge in [0.05, 0.1) is 7.11 Å². The molecule has 0 aromatic heterocycles. The molecule has 0 aliphatic carbocycles. The Morgan fingerprint density at radius 1 is 1.31 bits per heavy atom. The van der Waals surface area contributed by atoms with E-state index in [4.69, 9.17) is 10.2 Å². The highest BCUT2D eigenvalue weighted by Gasteiger charge is 2.21. The first-order chi connectivity index (χ1) is 7.33. The van der Waals surface area contributed by atoms with Crippen LogP contribution in [0.5, 0.6) is 5.75 Å². The van der Waals surface area contributed by atoms with E-state index < -0.39 is 14.3 Å². The predicted molar refractivity (Wildman–Crippen MR) is 66.2 cm³/mol. The van der Waals surface area contributed by atoms with E-state index in [1.165, 1.54) is 7.11 Å². The van der Waals surface area contributed by atoms with Crippen molar-refractivity contribution in [2.75, 3.05) is 12.8 Å². The predicted octanol–water partition coefficient (Wildman–Crippen LogP) is 2.27. The number of benzene rings is 1. The molecule has 1 aromatic carbocycles. The van der Waals surface area contributed by atoms with Crippen molar-refractivity contribution in [2.24, 2.45) is 0 Å². The van der Waals surface area contributed by atoms with Crippen molar-refractivity contribution in [3.8, 4) is 5.75 Å². The fourth-order valence-electron chi connectivity index (χ4n) is 1.23. The number of hydrogen-bond donors (Lipinski definition) is 1. The van der Waals surface area contributed by atoms with Crippen molar-refractivity contribution in [1.82, 2.24) is 0 Å². The lowest BCUT2D eigenvalue weighted by Crippen LogP contribution is -2.30. The largest absolute Gasteiger partial charge is 0.544 e. The van der Waals surface area contributed by atoms with Crippen LogP contribution < -0.4 is 10.2 Å². The molecule has 1 aromatic rings. The standard InChI is InChI=1S/C11H17NO3Si/c1-14-11(13)9-6-5-8(12)7-10(9)15-16(2,3)4/h5-7H,12H2,1-4H3. The summed E-state index contributed by atoms with van der Waals surface area (Å²) in [5.41, 5.74) is 6.66. The average Bonchev–Trinajstić information content (AvgIpc) is 2.14. The van der Waals surface area contributed by atoms with Crippen LogP contribution >= 0.6 is 0 Å². The molecule has 0 aliphatic heterocycles. The number of rotatable bonds is 3.